The topological polar surface area (TPSA) is 17.1 Å². The third kappa shape index (κ3) is 1.77. The molecule has 0 fully saturated rings. The molecule has 0 unspecified atom stereocenters. The molecule has 0 radical (unpaired) electrons. The van der Waals surface area contributed by atoms with Crippen molar-refractivity contribution in [2.24, 2.45) is 0 Å². The van der Waals surface area contributed by atoms with E-state index in [0.29, 0.717) is 9.13 Å². The van der Waals surface area contributed by atoms with Crippen LogP contribution in [0.3, 0.4) is 0 Å². The maximum Gasteiger partial charge on any atom is 0.333 e. The molecule has 3 heteroatoms. The van der Waals surface area contributed by atoms with Crippen LogP contribution in [0.5, 0.6) is 0 Å². The molecule has 11 heavy (non-hydrogen) atoms. The molecule has 0 amide bonds. The zero-order valence-electron chi connectivity index (χ0n) is 5.90. The number of carbonyl (C=O) groups is 1. The van der Waals surface area contributed by atoms with E-state index < -0.39 is 6.04 Å². The molecule has 1 aromatic carbocycles. The summed E-state index contributed by atoms with van der Waals surface area (Å²) < 4.78 is 13.0. The lowest BCUT2D eigenvalue weighted by atomic mass is 10.1. The molecule has 0 aromatic heterocycles. The van der Waals surface area contributed by atoms with E-state index in [4.69, 9.17) is 0 Å². The van der Waals surface area contributed by atoms with Crippen molar-refractivity contribution in [1.29, 1.82) is 0 Å². The second-order valence-electron chi connectivity index (χ2n) is 2.21. The van der Waals surface area contributed by atoms with Crippen molar-refractivity contribution in [2.45, 2.75) is 6.92 Å². The molecule has 0 N–H and O–H groups in total. The molecule has 1 rings (SSSR count). The Bertz CT molecular complexity index is 276. The summed E-state index contributed by atoms with van der Waals surface area (Å²) in [6.45, 7) is 1.72. The van der Waals surface area contributed by atoms with Crippen LogP contribution >= 0.6 is 22.6 Å². The van der Waals surface area contributed by atoms with Gasteiger partial charge in [-0.15, -0.1) is 0 Å². The fraction of sp³-hybridized carbons (Fsp3) is 0.125. The molecule has 1 aromatic rings. The van der Waals surface area contributed by atoms with E-state index in [9.17, 15) is 9.18 Å². The number of hydrogen-bond donors (Lipinski definition) is 0. The number of aryl methyl sites for hydroxylation is 1. The first-order valence-corrected chi connectivity index (χ1v) is 4.15. The lowest BCUT2D eigenvalue weighted by molar-refractivity contribution is 0.0834. The average Bonchev–Trinajstić information content (AvgIpc) is 1.85. The predicted octanol–water partition coefficient (Wildman–Crippen LogP) is 2.71. The standard InChI is InChI=1S/C8H6FIO/c1-5-3-2-4-6(10)7(5)8(9)11/h2-4H,1H3. The van der Waals surface area contributed by atoms with Crippen LogP contribution in [0.1, 0.15) is 15.9 Å². The van der Waals surface area contributed by atoms with Gasteiger partial charge in [0.15, 0.2) is 0 Å². The van der Waals surface area contributed by atoms with Gasteiger partial charge in [-0.2, -0.15) is 4.39 Å². The van der Waals surface area contributed by atoms with Crippen molar-refractivity contribution < 1.29 is 9.18 Å². The van der Waals surface area contributed by atoms with Gasteiger partial charge in [-0.25, -0.2) is 0 Å². The van der Waals surface area contributed by atoms with Gasteiger partial charge < -0.3 is 0 Å². The maximum atomic E-state index is 12.3. The minimum Gasteiger partial charge on any atom is -0.255 e. The van der Waals surface area contributed by atoms with Crippen LogP contribution in [-0.2, 0) is 0 Å². The van der Waals surface area contributed by atoms with Crippen LogP contribution in [0, 0.1) is 10.5 Å². The zero-order chi connectivity index (χ0) is 8.43. The van der Waals surface area contributed by atoms with Gasteiger partial charge >= 0.3 is 6.04 Å². The van der Waals surface area contributed by atoms with Crippen LogP contribution in [0.2, 0.25) is 0 Å². The Morgan fingerprint density at radius 2 is 2.18 bits per heavy atom. The smallest absolute Gasteiger partial charge is 0.255 e. The number of benzene rings is 1. The van der Waals surface area contributed by atoms with E-state index >= 15 is 0 Å². The van der Waals surface area contributed by atoms with Crippen molar-refractivity contribution in [3.8, 4) is 0 Å². The van der Waals surface area contributed by atoms with E-state index in [-0.39, 0.29) is 5.56 Å². The first-order chi connectivity index (χ1) is 5.13. The molecule has 0 heterocycles. The van der Waals surface area contributed by atoms with E-state index in [2.05, 4.69) is 0 Å². The maximum absolute atomic E-state index is 12.3. The van der Waals surface area contributed by atoms with Crippen molar-refractivity contribution >= 4 is 28.6 Å². The highest BCUT2D eigenvalue weighted by Gasteiger charge is 2.10. The monoisotopic (exact) mass is 264 g/mol. The summed E-state index contributed by atoms with van der Waals surface area (Å²) in [6.07, 6.45) is 0. The Hall–Kier alpha value is -0.450. The molecule has 1 nitrogen and oxygen atoms in total. The molecule has 0 aliphatic carbocycles. The molecule has 0 aliphatic heterocycles. The molecule has 58 valence electrons. The van der Waals surface area contributed by atoms with Gasteiger partial charge in [0.25, 0.3) is 0 Å². The van der Waals surface area contributed by atoms with Gasteiger partial charge in [0.1, 0.15) is 0 Å². The molecular weight excluding hydrogens is 258 g/mol. The van der Waals surface area contributed by atoms with Crippen LogP contribution in [0.4, 0.5) is 4.39 Å². The van der Waals surface area contributed by atoms with E-state index in [0.717, 1.165) is 0 Å². The molecule has 0 bridgehead atoms. The molecule has 0 saturated heterocycles. The minimum atomic E-state index is -1.35. The van der Waals surface area contributed by atoms with Gasteiger partial charge in [-0.05, 0) is 41.1 Å². The van der Waals surface area contributed by atoms with Gasteiger partial charge in [0, 0.05) is 3.57 Å². The van der Waals surface area contributed by atoms with Crippen LogP contribution < -0.4 is 0 Å². The Balaban J connectivity index is 3.32. The van der Waals surface area contributed by atoms with E-state index in [1.807, 2.05) is 22.6 Å². The SMILES string of the molecule is Cc1cccc(I)c1C(=O)F. The van der Waals surface area contributed by atoms with Gasteiger partial charge in [-0.3, -0.25) is 4.79 Å². The third-order valence-electron chi connectivity index (χ3n) is 1.42. The summed E-state index contributed by atoms with van der Waals surface area (Å²) in [4.78, 5) is 10.4. The summed E-state index contributed by atoms with van der Waals surface area (Å²) in [7, 11) is 0. The lowest BCUT2D eigenvalue weighted by Crippen LogP contribution is -1.97. The Labute approximate surface area is 77.8 Å². The molecular formula is C8H6FIO. The van der Waals surface area contributed by atoms with Gasteiger partial charge in [-0.1, -0.05) is 12.1 Å². The molecule has 0 atom stereocenters. The quantitative estimate of drug-likeness (QED) is 0.563. The lowest BCUT2D eigenvalue weighted by Gasteiger charge is -2.00. The molecule has 0 aliphatic rings. The summed E-state index contributed by atoms with van der Waals surface area (Å²) in [6, 6.07) is 3.87. The van der Waals surface area contributed by atoms with Crippen LogP contribution in [0.25, 0.3) is 0 Å². The summed E-state index contributed by atoms with van der Waals surface area (Å²) in [5.74, 6) is 0. The van der Waals surface area contributed by atoms with E-state index in [1.165, 1.54) is 0 Å². The fourth-order valence-corrected chi connectivity index (χ4v) is 1.73. The number of hydrogen-bond acceptors (Lipinski definition) is 1. The van der Waals surface area contributed by atoms with Crippen molar-refractivity contribution in [3.05, 3.63) is 32.9 Å². The highest BCUT2D eigenvalue weighted by molar-refractivity contribution is 14.1. The Morgan fingerprint density at radius 3 is 2.55 bits per heavy atom. The average molecular weight is 264 g/mol. The van der Waals surface area contributed by atoms with Crippen LogP contribution in [0.15, 0.2) is 18.2 Å². The second-order valence-corrected chi connectivity index (χ2v) is 3.37. The molecule has 0 spiro atoms. The highest BCUT2D eigenvalue weighted by atomic mass is 127. The second kappa shape index (κ2) is 3.30. The zero-order valence-corrected chi connectivity index (χ0v) is 8.05. The fourth-order valence-electron chi connectivity index (χ4n) is 0.881. The Morgan fingerprint density at radius 1 is 1.55 bits per heavy atom. The third-order valence-corrected chi connectivity index (χ3v) is 2.32. The first-order valence-electron chi connectivity index (χ1n) is 3.08. The van der Waals surface area contributed by atoms with Gasteiger partial charge in [0.05, 0.1) is 5.56 Å². The Kier molecular flexibility index (Phi) is 2.59. The van der Waals surface area contributed by atoms with Crippen LogP contribution in [-0.4, -0.2) is 6.04 Å². The largest absolute Gasteiger partial charge is 0.333 e. The van der Waals surface area contributed by atoms with Crippen molar-refractivity contribution in [1.82, 2.24) is 0 Å². The minimum absolute atomic E-state index is 0.188. The summed E-state index contributed by atoms with van der Waals surface area (Å²) in [5.41, 5.74) is 0.873. The predicted molar refractivity (Wildman–Crippen MR) is 49.3 cm³/mol. The number of rotatable bonds is 1. The summed E-state index contributed by atoms with van der Waals surface area (Å²) >= 11 is 1.94. The van der Waals surface area contributed by atoms with E-state index in [1.54, 1.807) is 25.1 Å². The normalized spacial score (nSPS) is 9.73. The van der Waals surface area contributed by atoms with Crippen molar-refractivity contribution in [2.75, 3.05) is 0 Å². The summed E-state index contributed by atoms with van der Waals surface area (Å²) in [5, 5.41) is 0. The van der Waals surface area contributed by atoms with Crippen molar-refractivity contribution in [3.63, 3.8) is 0 Å². The first kappa shape index (κ1) is 8.64. The number of halogens is 2. The van der Waals surface area contributed by atoms with Gasteiger partial charge in [0.2, 0.25) is 0 Å². The molecule has 0 saturated carbocycles. The number of carbonyl (C=O) groups excluding carboxylic acids is 1. The highest BCUT2D eigenvalue weighted by Crippen LogP contribution is 2.16.